The molecule has 0 aromatic rings. The average Bonchev–Trinajstić information content (AvgIpc) is 2.63. The van der Waals surface area contributed by atoms with Gasteiger partial charge in [-0.3, -0.25) is 9.59 Å². The van der Waals surface area contributed by atoms with Crippen molar-refractivity contribution in [2.75, 3.05) is 6.54 Å². The molecule has 16 heavy (non-hydrogen) atoms. The van der Waals surface area contributed by atoms with Gasteiger partial charge in [-0.05, 0) is 18.8 Å². The number of ketones is 1. The molecule has 1 aliphatic rings. The van der Waals surface area contributed by atoms with Gasteiger partial charge in [0.1, 0.15) is 6.04 Å². The van der Waals surface area contributed by atoms with Crippen LogP contribution < -0.4 is 0 Å². The van der Waals surface area contributed by atoms with E-state index in [4.69, 9.17) is 5.11 Å². The summed E-state index contributed by atoms with van der Waals surface area (Å²) < 4.78 is 0. The van der Waals surface area contributed by atoms with Crippen molar-refractivity contribution < 1.29 is 19.5 Å². The molecule has 1 fully saturated rings. The van der Waals surface area contributed by atoms with Gasteiger partial charge in [0.2, 0.25) is 5.78 Å². The minimum atomic E-state index is -1.02. The lowest BCUT2D eigenvalue weighted by Crippen LogP contribution is -2.44. The maximum atomic E-state index is 11.7. The number of rotatable bonds is 4. The summed E-state index contributed by atoms with van der Waals surface area (Å²) in [5, 5.41) is 8.89. The van der Waals surface area contributed by atoms with Crippen LogP contribution in [0.25, 0.3) is 0 Å². The molecular formula is C11H17NO4. The summed E-state index contributed by atoms with van der Waals surface area (Å²) in [6, 6.07) is -0.816. The minimum Gasteiger partial charge on any atom is -0.480 e. The van der Waals surface area contributed by atoms with Crippen LogP contribution in [0.1, 0.15) is 33.1 Å². The zero-order chi connectivity index (χ0) is 12.3. The molecule has 5 heteroatoms. The molecule has 5 nitrogen and oxygen atoms in total. The highest BCUT2D eigenvalue weighted by molar-refractivity contribution is 6.36. The van der Waals surface area contributed by atoms with Crippen LogP contribution in [0.5, 0.6) is 0 Å². The topological polar surface area (TPSA) is 74.7 Å². The summed E-state index contributed by atoms with van der Waals surface area (Å²) >= 11 is 0. The van der Waals surface area contributed by atoms with E-state index >= 15 is 0 Å². The number of carbonyl (C=O) groups is 3. The van der Waals surface area contributed by atoms with Gasteiger partial charge in [-0.2, -0.15) is 0 Å². The number of nitrogens with zero attached hydrogens (tertiary/aromatic N) is 1. The standard InChI is InChI=1S/C11H17NO4/c1-7(2)6-9(13)10(14)12-5-3-4-8(12)11(15)16/h7-8H,3-6H2,1-2H3,(H,15,16)/t8-/m0/s1. The van der Waals surface area contributed by atoms with Gasteiger partial charge in [0, 0.05) is 13.0 Å². The van der Waals surface area contributed by atoms with E-state index in [0.29, 0.717) is 19.4 Å². The van der Waals surface area contributed by atoms with Crippen LogP contribution in [0, 0.1) is 5.92 Å². The number of likely N-dealkylation sites (tertiary alicyclic amines) is 1. The molecule has 1 saturated heterocycles. The highest BCUT2D eigenvalue weighted by Crippen LogP contribution is 2.18. The predicted molar refractivity (Wildman–Crippen MR) is 56.8 cm³/mol. The predicted octanol–water partition coefficient (Wildman–Crippen LogP) is 0.677. The Hall–Kier alpha value is -1.39. The lowest BCUT2D eigenvalue weighted by atomic mass is 10.1. The van der Waals surface area contributed by atoms with Crippen LogP contribution in [0.15, 0.2) is 0 Å². The first-order valence-corrected chi connectivity index (χ1v) is 5.50. The van der Waals surface area contributed by atoms with Crippen LogP contribution >= 0.6 is 0 Å². The first-order chi connectivity index (χ1) is 7.43. The number of aliphatic carboxylic acids is 1. The van der Waals surface area contributed by atoms with Crippen LogP contribution in [0.2, 0.25) is 0 Å². The zero-order valence-electron chi connectivity index (χ0n) is 9.60. The fourth-order valence-electron chi connectivity index (χ4n) is 1.88. The lowest BCUT2D eigenvalue weighted by molar-refractivity contribution is -0.152. The average molecular weight is 227 g/mol. The van der Waals surface area contributed by atoms with E-state index in [1.165, 1.54) is 4.90 Å². The Bertz CT molecular complexity index is 311. The van der Waals surface area contributed by atoms with E-state index in [1.54, 1.807) is 0 Å². The largest absolute Gasteiger partial charge is 0.480 e. The number of amides is 1. The number of hydrogen-bond donors (Lipinski definition) is 1. The second kappa shape index (κ2) is 5.09. The molecule has 0 aromatic heterocycles. The fraction of sp³-hybridized carbons (Fsp3) is 0.727. The van der Waals surface area contributed by atoms with E-state index in [-0.39, 0.29) is 12.3 Å². The first kappa shape index (κ1) is 12.7. The van der Waals surface area contributed by atoms with Crippen LogP contribution in [-0.2, 0) is 14.4 Å². The Balaban J connectivity index is 2.66. The van der Waals surface area contributed by atoms with E-state index in [2.05, 4.69) is 0 Å². The number of carboxylic acid groups (broad SMARTS) is 1. The van der Waals surface area contributed by atoms with Crippen molar-refractivity contribution in [2.45, 2.75) is 39.2 Å². The molecule has 0 radical (unpaired) electrons. The smallest absolute Gasteiger partial charge is 0.326 e. The molecular weight excluding hydrogens is 210 g/mol. The molecule has 0 aliphatic carbocycles. The third kappa shape index (κ3) is 2.81. The molecule has 0 spiro atoms. The maximum absolute atomic E-state index is 11.7. The summed E-state index contributed by atoms with van der Waals surface area (Å²) in [5.74, 6) is -2.03. The number of carbonyl (C=O) groups excluding carboxylic acids is 2. The Morgan fingerprint density at radius 1 is 1.38 bits per heavy atom. The third-order valence-electron chi connectivity index (χ3n) is 2.63. The minimum absolute atomic E-state index is 0.113. The maximum Gasteiger partial charge on any atom is 0.326 e. The molecule has 0 unspecified atom stereocenters. The lowest BCUT2D eigenvalue weighted by Gasteiger charge is -2.20. The summed E-state index contributed by atoms with van der Waals surface area (Å²) in [4.78, 5) is 35.3. The van der Waals surface area contributed by atoms with Crippen molar-refractivity contribution in [3.8, 4) is 0 Å². The second-order valence-corrected chi connectivity index (χ2v) is 4.52. The van der Waals surface area contributed by atoms with Gasteiger partial charge >= 0.3 is 5.97 Å². The SMILES string of the molecule is CC(C)CC(=O)C(=O)N1CCC[C@H]1C(=O)O. The van der Waals surface area contributed by atoms with Gasteiger partial charge < -0.3 is 10.0 Å². The van der Waals surface area contributed by atoms with Crippen LogP contribution in [-0.4, -0.2) is 40.3 Å². The monoisotopic (exact) mass is 227 g/mol. The number of Topliss-reactive ketones (excluding diaryl/α,β-unsaturated/α-hetero) is 1. The second-order valence-electron chi connectivity index (χ2n) is 4.52. The summed E-state index contributed by atoms with van der Waals surface area (Å²) in [6.07, 6.45) is 1.27. The van der Waals surface area contributed by atoms with E-state index < -0.39 is 23.7 Å². The summed E-state index contributed by atoms with van der Waals surface area (Å²) in [6.45, 7) is 4.08. The molecule has 1 heterocycles. The Morgan fingerprint density at radius 2 is 2.00 bits per heavy atom. The summed E-state index contributed by atoms with van der Waals surface area (Å²) in [5.41, 5.74) is 0. The van der Waals surface area contributed by atoms with Crippen molar-refractivity contribution in [1.82, 2.24) is 4.90 Å². The van der Waals surface area contributed by atoms with Gasteiger partial charge in [0.25, 0.3) is 5.91 Å². The molecule has 1 amide bonds. The Morgan fingerprint density at radius 3 is 2.50 bits per heavy atom. The van der Waals surface area contributed by atoms with Crippen molar-refractivity contribution in [3.63, 3.8) is 0 Å². The van der Waals surface area contributed by atoms with Gasteiger partial charge in [-0.1, -0.05) is 13.8 Å². The highest BCUT2D eigenvalue weighted by Gasteiger charge is 2.36. The zero-order valence-corrected chi connectivity index (χ0v) is 9.60. The van der Waals surface area contributed by atoms with Crippen molar-refractivity contribution in [2.24, 2.45) is 5.92 Å². The molecule has 0 saturated carbocycles. The van der Waals surface area contributed by atoms with Gasteiger partial charge in [-0.25, -0.2) is 4.79 Å². The molecule has 1 rings (SSSR count). The van der Waals surface area contributed by atoms with Crippen LogP contribution in [0.3, 0.4) is 0 Å². The highest BCUT2D eigenvalue weighted by atomic mass is 16.4. The van der Waals surface area contributed by atoms with Crippen molar-refractivity contribution in [3.05, 3.63) is 0 Å². The number of hydrogen-bond acceptors (Lipinski definition) is 3. The Labute approximate surface area is 94.4 Å². The Kier molecular flexibility index (Phi) is 4.04. The normalized spacial score (nSPS) is 20.2. The molecule has 1 N–H and O–H groups in total. The summed E-state index contributed by atoms with van der Waals surface area (Å²) in [7, 11) is 0. The molecule has 0 aromatic carbocycles. The van der Waals surface area contributed by atoms with Crippen molar-refractivity contribution >= 4 is 17.7 Å². The molecule has 1 aliphatic heterocycles. The van der Waals surface area contributed by atoms with E-state index in [1.807, 2.05) is 13.8 Å². The number of carboxylic acids is 1. The third-order valence-corrected chi connectivity index (χ3v) is 2.63. The van der Waals surface area contributed by atoms with Gasteiger partial charge in [0.15, 0.2) is 0 Å². The first-order valence-electron chi connectivity index (χ1n) is 5.50. The fourth-order valence-corrected chi connectivity index (χ4v) is 1.88. The van der Waals surface area contributed by atoms with Crippen molar-refractivity contribution in [1.29, 1.82) is 0 Å². The van der Waals surface area contributed by atoms with Gasteiger partial charge in [-0.15, -0.1) is 0 Å². The quantitative estimate of drug-likeness (QED) is 0.716. The molecule has 1 atom stereocenters. The van der Waals surface area contributed by atoms with Crippen LogP contribution in [0.4, 0.5) is 0 Å². The molecule has 0 bridgehead atoms. The molecule has 90 valence electrons. The van der Waals surface area contributed by atoms with Gasteiger partial charge in [0.05, 0.1) is 0 Å². The van der Waals surface area contributed by atoms with E-state index in [0.717, 1.165) is 0 Å². The van der Waals surface area contributed by atoms with E-state index in [9.17, 15) is 14.4 Å².